The second kappa shape index (κ2) is 13.6. The number of amides is 5. The molecule has 0 aromatic carbocycles. The van der Waals surface area contributed by atoms with Gasteiger partial charge in [-0.2, -0.15) is 0 Å². The first kappa shape index (κ1) is 32.0. The van der Waals surface area contributed by atoms with Crippen molar-refractivity contribution < 1.29 is 33.2 Å². The predicted octanol–water partition coefficient (Wildman–Crippen LogP) is -0.0892. The fourth-order valence-corrected chi connectivity index (χ4v) is 5.77. The highest BCUT2D eigenvalue weighted by Crippen LogP contribution is 2.44. The number of alkyl halides is 1. The van der Waals surface area contributed by atoms with E-state index in [1.54, 1.807) is 27.7 Å². The summed E-state index contributed by atoms with van der Waals surface area (Å²) in [6.07, 6.45) is 5.09. The van der Waals surface area contributed by atoms with Crippen LogP contribution in [0.5, 0.6) is 0 Å². The zero-order valence-corrected chi connectivity index (χ0v) is 24.8. The van der Waals surface area contributed by atoms with Crippen LogP contribution in [0.1, 0.15) is 63.9 Å². The van der Waals surface area contributed by atoms with Crippen LogP contribution in [-0.4, -0.2) is 93.6 Å². The fraction of sp³-hybridized carbons (Fsp3) is 0.655. The summed E-state index contributed by atoms with van der Waals surface area (Å²) in [6.45, 7) is 6.37. The van der Waals surface area contributed by atoms with Gasteiger partial charge in [-0.1, -0.05) is 27.7 Å². The number of rotatable bonds is 12. The summed E-state index contributed by atoms with van der Waals surface area (Å²) in [4.78, 5) is 86.9. The number of carbonyl (C=O) groups is 6. The van der Waals surface area contributed by atoms with E-state index in [1.165, 1.54) is 23.5 Å². The summed E-state index contributed by atoms with van der Waals surface area (Å²) >= 11 is 0. The molecule has 1 saturated heterocycles. The minimum Gasteiger partial charge on any atom is -0.347 e. The second-order valence-corrected chi connectivity index (χ2v) is 12.3. The average Bonchev–Trinajstić information content (AvgIpc) is 3.60. The topological polar surface area (TPSA) is 180 Å². The van der Waals surface area contributed by atoms with Gasteiger partial charge >= 0.3 is 0 Å². The first-order chi connectivity index (χ1) is 20.4. The van der Waals surface area contributed by atoms with Crippen molar-refractivity contribution >= 4 is 35.3 Å². The molecule has 3 aliphatic rings. The van der Waals surface area contributed by atoms with Crippen LogP contribution >= 0.6 is 0 Å². The zero-order chi connectivity index (χ0) is 31.4. The fourth-order valence-electron chi connectivity index (χ4n) is 5.77. The van der Waals surface area contributed by atoms with Gasteiger partial charge < -0.3 is 26.2 Å². The van der Waals surface area contributed by atoms with E-state index in [-0.39, 0.29) is 30.6 Å². The number of likely N-dealkylation sites (tertiary alicyclic amines) is 1. The molecule has 1 aromatic rings. The molecule has 4 rings (SSSR count). The molecule has 2 heterocycles. The summed E-state index contributed by atoms with van der Waals surface area (Å²) in [5, 5.41) is 10.4. The van der Waals surface area contributed by atoms with Gasteiger partial charge in [0.15, 0.2) is 0 Å². The maximum absolute atomic E-state index is 14.8. The highest BCUT2D eigenvalue weighted by atomic mass is 19.1. The first-order valence-electron chi connectivity index (χ1n) is 14.8. The zero-order valence-electron chi connectivity index (χ0n) is 24.8. The lowest BCUT2D eigenvalue weighted by Crippen LogP contribution is -2.59. The Hall–Kier alpha value is -3.97. The van der Waals surface area contributed by atoms with Crippen molar-refractivity contribution in [1.29, 1.82) is 0 Å². The Balaban J connectivity index is 1.47. The van der Waals surface area contributed by atoms with E-state index < -0.39 is 83.9 Å². The van der Waals surface area contributed by atoms with Gasteiger partial charge in [0.25, 0.3) is 11.8 Å². The number of hydrogen-bond donors (Lipinski definition) is 4. The predicted molar refractivity (Wildman–Crippen MR) is 151 cm³/mol. The Morgan fingerprint density at radius 2 is 1.63 bits per heavy atom. The molecule has 0 spiro atoms. The van der Waals surface area contributed by atoms with E-state index >= 15 is 0 Å². The number of halogens is 1. The van der Waals surface area contributed by atoms with Crippen LogP contribution in [0.25, 0.3) is 0 Å². The smallest absolute Gasteiger partial charge is 0.289 e. The molecule has 13 nitrogen and oxygen atoms in total. The lowest BCUT2D eigenvalue weighted by Gasteiger charge is -2.33. The van der Waals surface area contributed by atoms with Crippen molar-refractivity contribution in [1.82, 2.24) is 36.1 Å². The molecule has 6 atom stereocenters. The number of carbonyl (C=O) groups excluding carboxylic acids is 6. The average molecular weight is 602 g/mol. The highest BCUT2D eigenvalue weighted by Gasteiger charge is 2.54. The molecule has 5 amide bonds. The van der Waals surface area contributed by atoms with Crippen molar-refractivity contribution in [2.75, 3.05) is 13.1 Å². The number of fused-ring (bicyclic) bond motifs is 1. The summed E-state index contributed by atoms with van der Waals surface area (Å²) in [5.41, 5.74) is 0.0270. The van der Waals surface area contributed by atoms with Gasteiger partial charge in [-0.25, -0.2) is 9.37 Å². The van der Waals surface area contributed by atoms with E-state index in [0.717, 1.165) is 12.8 Å². The quantitative estimate of drug-likeness (QED) is 0.240. The van der Waals surface area contributed by atoms with E-state index in [0.29, 0.717) is 6.42 Å². The molecule has 14 heteroatoms. The number of Topliss-reactive ketones (excluding diaryl/α,β-unsaturated/α-hetero) is 1. The molecule has 0 radical (unpaired) electrons. The number of ketones is 1. The molecule has 2 aliphatic carbocycles. The van der Waals surface area contributed by atoms with Gasteiger partial charge in [-0.3, -0.25) is 33.8 Å². The van der Waals surface area contributed by atoms with Crippen LogP contribution in [0.15, 0.2) is 18.6 Å². The van der Waals surface area contributed by atoms with E-state index in [4.69, 9.17) is 0 Å². The molecule has 43 heavy (non-hydrogen) atoms. The first-order valence-corrected chi connectivity index (χ1v) is 14.8. The van der Waals surface area contributed by atoms with Gasteiger partial charge in [-0.15, -0.1) is 0 Å². The highest BCUT2D eigenvalue weighted by molar-refractivity contribution is 6.37. The van der Waals surface area contributed by atoms with Crippen LogP contribution < -0.4 is 21.3 Å². The summed E-state index contributed by atoms with van der Waals surface area (Å²) in [5.74, 6) is -5.80. The van der Waals surface area contributed by atoms with Crippen LogP contribution in [0, 0.1) is 23.7 Å². The molecular formula is C29H40FN7O6. The van der Waals surface area contributed by atoms with Crippen LogP contribution in [0.2, 0.25) is 0 Å². The Labute approximate surface area is 249 Å². The Morgan fingerprint density at radius 3 is 2.23 bits per heavy atom. The molecule has 3 unspecified atom stereocenters. The van der Waals surface area contributed by atoms with E-state index in [2.05, 4.69) is 31.2 Å². The molecule has 2 saturated carbocycles. The van der Waals surface area contributed by atoms with E-state index in [9.17, 15) is 33.2 Å². The van der Waals surface area contributed by atoms with Crippen LogP contribution in [0.4, 0.5) is 4.39 Å². The van der Waals surface area contributed by atoms with Gasteiger partial charge in [0.1, 0.15) is 30.0 Å². The normalized spacial score (nSPS) is 24.2. The minimum atomic E-state index is -1.20. The lowest BCUT2D eigenvalue weighted by atomic mass is 9.92. The molecule has 1 aromatic heterocycles. The third-order valence-corrected chi connectivity index (χ3v) is 8.34. The molecule has 4 N–H and O–H groups in total. The largest absolute Gasteiger partial charge is 0.347 e. The summed E-state index contributed by atoms with van der Waals surface area (Å²) in [7, 11) is 0. The lowest BCUT2D eigenvalue weighted by molar-refractivity contribution is -0.144. The van der Waals surface area contributed by atoms with Gasteiger partial charge in [0, 0.05) is 30.9 Å². The van der Waals surface area contributed by atoms with Gasteiger partial charge in [0.05, 0.1) is 12.7 Å². The number of nitrogens with zero attached hydrogens (tertiary/aromatic N) is 3. The molecule has 234 valence electrons. The minimum absolute atomic E-state index is 0.0189. The van der Waals surface area contributed by atoms with Crippen LogP contribution in [0.3, 0.4) is 0 Å². The van der Waals surface area contributed by atoms with E-state index in [1.807, 2.05) is 0 Å². The van der Waals surface area contributed by atoms with Crippen molar-refractivity contribution in [2.45, 2.75) is 83.7 Å². The maximum atomic E-state index is 14.8. The number of hydrogen-bond acceptors (Lipinski definition) is 8. The summed E-state index contributed by atoms with van der Waals surface area (Å²) in [6, 6.07) is -3.17. The SMILES string of the molecule is CC(C)C(NC(=O)c1cnccn1)C(=O)NC(C(=O)N1C[C@H]2[C@H](CC[C@@H]2F)C1C(=O)NCC(=O)C(=O)NC1CC1)C(C)C. The van der Waals surface area contributed by atoms with Crippen molar-refractivity contribution in [2.24, 2.45) is 23.7 Å². The summed E-state index contributed by atoms with van der Waals surface area (Å²) < 4.78 is 14.8. The van der Waals surface area contributed by atoms with Gasteiger partial charge in [-0.05, 0) is 43.4 Å². The standard InChI is InChI=1S/C29H40FN7O6/c1-14(2)22(35-25(39)20-11-31-9-10-32-20)27(41)36-23(15(3)4)29(43)37-13-18-17(7-8-19(18)30)24(37)28(42)33-12-21(38)26(40)34-16-5-6-16/h9-11,14-19,22-24H,5-8,12-13H2,1-4H3,(H,33,42)(H,34,40)(H,35,39)(H,36,41)/t17-,18-,19-,22?,23?,24?/m0/s1. The molecule has 0 bridgehead atoms. The van der Waals surface area contributed by atoms with Crippen molar-refractivity contribution in [3.63, 3.8) is 0 Å². The Bertz CT molecular complexity index is 1240. The maximum Gasteiger partial charge on any atom is 0.289 e. The Morgan fingerprint density at radius 1 is 0.930 bits per heavy atom. The molecular weight excluding hydrogens is 561 g/mol. The monoisotopic (exact) mass is 601 g/mol. The third kappa shape index (κ3) is 7.52. The Kier molecular flexibility index (Phi) is 10.1. The van der Waals surface area contributed by atoms with Crippen molar-refractivity contribution in [3.05, 3.63) is 24.3 Å². The number of nitrogens with one attached hydrogen (secondary N) is 4. The van der Waals surface area contributed by atoms with Crippen LogP contribution in [-0.2, 0) is 24.0 Å². The second-order valence-electron chi connectivity index (χ2n) is 12.3. The van der Waals surface area contributed by atoms with Gasteiger partial charge in [0.2, 0.25) is 23.5 Å². The molecule has 1 aliphatic heterocycles. The number of aromatic nitrogens is 2. The molecule has 3 fully saturated rings. The van der Waals surface area contributed by atoms with Crippen molar-refractivity contribution in [3.8, 4) is 0 Å². The third-order valence-electron chi connectivity index (χ3n) is 8.34.